The highest BCUT2D eigenvalue weighted by Crippen LogP contribution is 2.34. The zero-order chi connectivity index (χ0) is 21.1. The molecule has 30 heavy (non-hydrogen) atoms. The minimum absolute atomic E-state index is 0.0440. The third kappa shape index (κ3) is 4.41. The lowest BCUT2D eigenvalue weighted by Gasteiger charge is -2.21. The van der Waals surface area contributed by atoms with Crippen LogP contribution in [-0.2, 0) is 4.79 Å². The molecule has 2 N–H and O–H groups in total. The quantitative estimate of drug-likeness (QED) is 0.571. The van der Waals surface area contributed by atoms with Gasteiger partial charge in [0.2, 0.25) is 5.91 Å². The third-order valence-electron chi connectivity index (χ3n) is 5.53. The van der Waals surface area contributed by atoms with Crippen LogP contribution in [0.3, 0.4) is 0 Å². The van der Waals surface area contributed by atoms with Crippen LogP contribution in [0.4, 0.5) is 5.82 Å². The molecule has 1 aliphatic carbocycles. The van der Waals surface area contributed by atoms with Crippen molar-refractivity contribution in [3.8, 4) is 5.69 Å². The molecule has 0 unspecified atom stereocenters. The predicted octanol–water partition coefficient (Wildman–Crippen LogP) is 4.37. The standard InChI is InChI=1S/C22H27ClN6O/c1-14-19-21(25-12-11-24-15(2)30)26-20(16-7-4-3-5-8-16)27-22(19)29(28-14)18-10-6-9-17(23)13-18/h6,9-10,13,16H,3-5,7-8,11-12H2,1-2H3,(H,24,30)(H,25,26,27). The Morgan fingerprint density at radius 2 is 2.00 bits per heavy atom. The maximum Gasteiger partial charge on any atom is 0.216 e. The van der Waals surface area contributed by atoms with Gasteiger partial charge in [-0.3, -0.25) is 4.79 Å². The number of rotatable bonds is 6. The zero-order valence-electron chi connectivity index (χ0n) is 17.4. The third-order valence-corrected chi connectivity index (χ3v) is 5.77. The molecule has 1 fully saturated rings. The van der Waals surface area contributed by atoms with Crippen LogP contribution >= 0.6 is 11.6 Å². The molecule has 3 aromatic rings. The first-order chi connectivity index (χ1) is 14.5. The molecule has 7 nitrogen and oxygen atoms in total. The molecule has 1 aliphatic rings. The number of hydrogen-bond acceptors (Lipinski definition) is 5. The van der Waals surface area contributed by atoms with Gasteiger partial charge in [-0.15, -0.1) is 0 Å². The van der Waals surface area contributed by atoms with E-state index in [9.17, 15) is 4.79 Å². The second-order valence-electron chi connectivity index (χ2n) is 7.85. The average molecular weight is 427 g/mol. The largest absolute Gasteiger partial charge is 0.368 e. The fourth-order valence-corrected chi connectivity index (χ4v) is 4.26. The Hall–Kier alpha value is -2.67. The minimum Gasteiger partial charge on any atom is -0.368 e. The molecule has 0 atom stereocenters. The number of halogens is 1. The van der Waals surface area contributed by atoms with Gasteiger partial charge in [-0.05, 0) is 38.0 Å². The lowest BCUT2D eigenvalue weighted by atomic mass is 9.88. The summed E-state index contributed by atoms with van der Waals surface area (Å²) in [6.07, 6.45) is 5.93. The number of fused-ring (bicyclic) bond motifs is 1. The van der Waals surface area contributed by atoms with Gasteiger partial charge in [0.25, 0.3) is 0 Å². The average Bonchev–Trinajstić information content (AvgIpc) is 3.08. The van der Waals surface area contributed by atoms with Crippen molar-refractivity contribution in [2.75, 3.05) is 18.4 Å². The lowest BCUT2D eigenvalue weighted by Crippen LogP contribution is -2.26. The van der Waals surface area contributed by atoms with Crippen molar-refractivity contribution in [3.05, 3.63) is 40.8 Å². The SMILES string of the molecule is CC(=O)NCCNc1nc(C2CCCCC2)nc2c1c(C)nn2-c1cccc(Cl)c1. The fourth-order valence-electron chi connectivity index (χ4n) is 4.08. The molecule has 0 aliphatic heterocycles. The monoisotopic (exact) mass is 426 g/mol. The van der Waals surface area contributed by atoms with Crippen molar-refractivity contribution >= 4 is 34.4 Å². The van der Waals surface area contributed by atoms with E-state index in [-0.39, 0.29) is 5.91 Å². The second kappa shape index (κ2) is 9.00. The number of carbonyl (C=O) groups is 1. The number of benzene rings is 1. The van der Waals surface area contributed by atoms with E-state index >= 15 is 0 Å². The normalized spacial score (nSPS) is 14.8. The molecular weight excluding hydrogens is 400 g/mol. The van der Waals surface area contributed by atoms with Crippen molar-refractivity contribution in [3.63, 3.8) is 0 Å². The molecule has 0 saturated heterocycles. The molecule has 2 aromatic heterocycles. The molecule has 0 spiro atoms. The van der Waals surface area contributed by atoms with Crippen molar-refractivity contribution < 1.29 is 4.79 Å². The summed E-state index contributed by atoms with van der Waals surface area (Å²) in [7, 11) is 0. The number of hydrogen-bond donors (Lipinski definition) is 2. The Morgan fingerprint density at radius 3 is 2.73 bits per heavy atom. The van der Waals surface area contributed by atoms with Gasteiger partial charge in [0, 0.05) is 31.0 Å². The van der Waals surface area contributed by atoms with E-state index in [0.717, 1.165) is 46.9 Å². The number of nitrogens with zero attached hydrogens (tertiary/aromatic N) is 4. The molecule has 1 amide bonds. The van der Waals surface area contributed by atoms with Gasteiger partial charge in [-0.1, -0.05) is 36.9 Å². The topological polar surface area (TPSA) is 84.7 Å². The smallest absolute Gasteiger partial charge is 0.216 e. The van der Waals surface area contributed by atoms with Gasteiger partial charge in [0.1, 0.15) is 11.6 Å². The molecule has 0 bridgehead atoms. The molecule has 4 rings (SSSR count). The highest BCUT2D eigenvalue weighted by atomic mass is 35.5. The second-order valence-corrected chi connectivity index (χ2v) is 8.29. The first kappa shape index (κ1) is 20.6. The van der Waals surface area contributed by atoms with Gasteiger partial charge in [0.15, 0.2) is 5.65 Å². The van der Waals surface area contributed by atoms with Gasteiger partial charge >= 0.3 is 0 Å². The van der Waals surface area contributed by atoms with Crippen LogP contribution in [0.15, 0.2) is 24.3 Å². The Balaban J connectivity index is 1.78. The summed E-state index contributed by atoms with van der Waals surface area (Å²) in [6, 6.07) is 7.63. The summed E-state index contributed by atoms with van der Waals surface area (Å²) in [6.45, 7) is 4.59. The molecule has 0 radical (unpaired) electrons. The van der Waals surface area contributed by atoms with Crippen molar-refractivity contribution in [1.29, 1.82) is 0 Å². The van der Waals surface area contributed by atoms with E-state index in [1.54, 1.807) is 0 Å². The molecular formula is C22H27ClN6O. The van der Waals surface area contributed by atoms with E-state index < -0.39 is 0 Å². The van der Waals surface area contributed by atoms with Gasteiger partial charge < -0.3 is 10.6 Å². The fraction of sp³-hybridized carbons (Fsp3) is 0.455. The number of aryl methyl sites for hydroxylation is 1. The van der Waals surface area contributed by atoms with Crippen molar-refractivity contribution in [2.45, 2.75) is 51.9 Å². The molecule has 2 heterocycles. The van der Waals surface area contributed by atoms with Gasteiger partial charge in [-0.2, -0.15) is 5.10 Å². The summed E-state index contributed by atoms with van der Waals surface area (Å²) in [5.74, 6) is 1.96. The van der Waals surface area contributed by atoms with E-state index in [2.05, 4.69) is 10.6 Å². The van der Waals surface area contributed by atoms with Crippen molar-refractivity contribution in [1.82, 2.24) is 25.1 Å². The van der Waals surface area contributed by atoms with Gasteiger partial charge in [0.05, 0.1) is 16.8 Å². The Morgan fingerprint density at radius 1 is 1.20 bits per heavy atom. The summed E-state index contributed by atoms with van der Waals surface area (Å²) < 4.78 is 1.85. The summed E-state index contributed by atoms with van der Waals surface area (Å²) in [5, 5.41) is 12.5. The molecule has 8 heteroatoms. The van der Waals surface area contributed by atoms with E-state index in [1.165, 1.54) is 26.2 Å². The van der Waals surface area contributed by atoms with E-state index in [1.807, 2.05) is 35.9 Å². The van der Waals surface area contributed by atoms with Crippen LogP contribution in [0.5, 0.6) is 0 Å². The molecule has 1 saturated carbocycles. The van der Waals surface area contributed by atoms with Crippen LogP contribution in [0.2, 0.25) is 5.02 Å². The number of amides is 1. The first-order valence-electron chi connectivity index (χ1n) is 10.5. The zero-order valence-corrected chi connectivity index (χ0v) is 18.2. The van der Waals surface area contributed by atoms with Crippen LogP contribution in [0.1, 0.15) is 56.5 Å². The number of anilines is 1. The highest BCUT2D eigenvalue weighted by molar-refractivity contribution is 6.30. The van der Waals surface area contributed by atoms with Crippen LogP contribution in [-0.4, -0.2) is 38.7 Å². The van der Waals surface area contributed by atoms with Gasteiger partial charge in [-0.25, -0.2) is 14.6 Å². The minimum atomic E-state index is -0.0440. The summed E-state index contributed by atoms with van der Waals surface area (Å²) in [4.78, 5) is 21.1. The summed E-state index contributed by atoms with van der Waals surface area (Å²) >= 11 is 6.23. The van der Waals surface area contributed by atoms with E-state index in [0.29, 0.717) is 24.0 Å². The maximum atomic E-state index is 11.2. The highest BCUT2D eigenvalue weighted by Gasteiger charge is 2.23. The Labute approximate surface area is 181 Å². The van der Waals surface area contributed by atoms with Crippen molar-refractivity contribution in [2.24, 2.45) is 0 Å². The molecule has 1 aromatic carbocycles. The number of nitrogens with one attached hydrogen (secondary N) is 2. The molecule has 158 valence electrons. The van der Waals surface area contributed by atoms with E-state index in [4.69, 9.17) is 26.7 Å². The van der Waals surface area contributed by atoms with Crippen LogP contribution in [0.25, 0.3) is 16.7 Å². The Kier molecular flexibility index (Phi) is 6.18. The predicted molar refractivity (Wildman–Crippen MR) is 119 cm³/mol. The Bertz CT molecular complexity index is 1060. The lowest BCUT2D eigenvalue weighted by molar-refractivity contribution is -0.118. The van der Waals surface area contributed by atoms with Crippen LogP contribution in [0, 0.1) is 6.92 Å². The summed E-state index contributed by atoms with van der Waals surface area (Å²) in [5.41, 5.74) is 2.51. The first-order valence-corrected chi connectivity index (χ1v) is 10.9. The van der Waals surface area contributed by atoms with Crippen LogP contribution < -0.4 is 10.6 Å². The number of aromatic nitrogens is 4. The maximum absolute atomic E-state index is 11.2. The number of carbonyl (C=O) groups excluding carboxylic acids is 1.